The van der Waals surface area contributed by atoms with E-state index in [2.05, 4.69) is 5.32 Å². The van der Waals surface area contributed by atoms with Gasteiger partial charge in [0.25, 0.3) is 0 Å². The van der Waals surface area contributed by atoms with Crippen LogP contribution in [0, 0.1) is 0 Å². The van der Waals surface area contributed by atoms with Crippen molar-refractivity contribution in [2.24, 2.45) is 0 Å². The molecule has 152 valence electrons. The SMILES string of the molecule is CN(c1ccccc1)c1nc(Nc2ccc(Cl)cc2)c2cccc(OCCO)c2n1. The van der Waals surface area contributed by atoms with Crippen molar-refractivity contribution in [3.63, 3.8) is 0 Å². The number of hydrogen-bond acceptors (Lipinski definition) is 6. The lowest BCUT2D eigenvalue weighted by molar-refractivity contribution is 0.202. The lowest BCUT2D eigenvalue weighted by atomic mass is 10.2. The molecule has 0 radical (unpaired) electrons. The Labute approximate surface area is 179 Å². The van der Waals surface area contributed by atoms with Crippen molar-refractivity contribution in [3.05, 3.63) is 77.8 Å². The molecule has 0 unspecified atom stereocenters. The second kappa shape index (κ2) is 8.98. The number of anilines is 4. The first-order valence-corrected chi connectivity index (χ1v) is 9.89. The number of fused-ring (bicyclic) bond motifs is 1. The number of ether oxygens (including phenoxy) is 1. The molecular formula is C23H21ClN4O2. The standard InChI is InChI=1S/C23H21ClN4O2/c1-28(18-6-3-2-4-7-18)23-26-21-19(8-5-9-20(21)30-15-14-29)22(27-23)25-17-12-10-16(24)11-13-17/h2-13,29H,14-15H2,1H3,(H,25,26,27). The molecule has 30 heavy (non-hydrogen) atoms. The Morgan fingerprint density at radius 3 is 2.47 bits per heavy atom. The zero-order chi connectivity index (χ0) is 20.9. The lowest BCUT2D eigenvalue weighted by Crippen LogP contribution is -2.14. The molecule has 0 atom stereocenters. The third-order valence-electron chi connectivity index (χ3n) is 4.58. The molecule has 6 nitrogen and oxygen atoms in total. The number of nitrogens with one attached hydrogen (secondary N) is 1. The second-order valence-corrected chi connectivity index (χ2v) is 7.06. The van der Waals surface area contributed by atoms with Gasteiger partial charge in [0, 0.05) is 28.8 Å². The van der Waals surface area contributed by atoms with Gasteiger partial charge in [-0.2, -0.15) is 4.98 Å². The summed E-state index contributed by atoms with van der Waals surface area (Å²) in [6.07, 6.45) is 0. The highest BCUT2D eigenvalue weighted by Crippen LogP contribution is 2.33. The fourth-order valence-corrected chi connectivity index (χ4v) is 3.19. The van der Waals surface area contributed by atoms with Gasteiger partial charge in [-0.15, -0.1) is 0 Å². The molecular weight excluding hydrogens is 400 g/mol. The first-order chi connectivity index (χ1) is 14.7. The van der Waals surface area contributed by atoms with Crippen LogP contribution in [0.4, 0.5) is 23.1 Å². The van der Waals surface area contributed by atoms with E-state index in [9.17, 15) is 5.11 Å². The number of rotatable bonds is 7. The molecule has 0 fully saturated rings. The Balaban J connectivity index is 1.84. The number of aliphatic hydroxyl groups is 1. The smallest absolute Gasteiger partial charge is 0.232 e. The molecule has 0 bridgehead atoms. The Morgan fingerprint density at radius 1 is 0.967 bits per heavy atom. The van der Waals surface area contributed by atoms with Crippen LogP contribution in [-0.2, 0) is 0 Å². The highest BCUT2D eigenvalue weighted by atomic mass is 35.5. The maximum absolute atomic E-state index is 9.17. The fourth-order valence-electron chi connectivity index (χ4n) is 3.07. The van der Waals surface area contributed by atoms with Gasteiger partial charge in [0.05, 0.1) is 6.61 Å². The van der Waals surface area contributed by atoms with E-state index in [0.29, 0.717) is 28.1 Å². The minimum atomic E-state index is -0.0753. The van der Waals surface area contributed by atoms with E-state index in [0.717, 1.165) is 16.8 Å². The predicted octanol–water partition coefficient (Wildman–Crippen LogP) is 5.17. The molecule has 7 heteroatoms. The molecule has 0 aliphatic heterocycles. The molecule has 3 aromatic carbocycles. The summed E-state index contributed by atoms with van der Waals surface area (Å²) in [4.78, 5) is 11.5. The molecule has 0 spiro atoms. The van der Waals surface area contributed by atoms with Gasteiger partial charge in [-0.1, -0.05) is 35.9 Å². The molecule has 1 aromatic heterocycles. The maximum atomic E-state index is 9.17. The average molecular weight is 421 g/mol. The Bertz CT molecular complexity index is 1140. The lowest BCUT2D eigenvalue weighted by Gasteiger charge is -2.20. The van der Waals surface area contributed by atoms with Gasteiger partial charge in [-0.25, -0.2) is 4.98 Å². The quantitative estimate of drug-likeness (QED) is 0.430. The van der Waals surface area contributed by atoms with Crippen LogP contribution in [0.15, 0.2) is 72.8 Å². The zero-order valence-electron chi connectivity index (χ0n) is 16.4. The van der Waals surface area contributed by atoms with Gasteiger partial charge in [0.2, 0.25) is 5.95 Å². The second-order valence-electron chi connectivity index (χ2n) is 6.62. The van der Waals surface area contributed by atoms with Crippen LogP contribution in [0.3, 0.4) is 0 Å². The highest BCUT2D eigenvalue weighted by Gasteiger charge is 2.15. The predicted molar refractivity (Wildman–Crippen MR) is 121 cm³/mol. The van der Waals surface area contributed by atoms with Crippen LogP contribution in [-0.4, -0.2) is 35.3 Å². The minimum Gasteiger partial charge on any atom is -0.489 e. The third-order valence-corrected chi connectivity index (χ3v) is 4.83. The van der Waals surface area contributed by atoms with Gasteiger partial charge in [0.15, 0.2) is 0 Å². The average Bonchev–Trinajstić information content (AvgIpc) is 2.79. The zero-order valence-corrected chi connectivity index (χ0v) is 17.2. The number of aliphatic hydroxyl groups excluding tert-OH is 1. The summed E-state index contributed by atoms with van der Waals surface area (Å²) in [6, 6.07) is 23.0. The van der Waals surface area contributed by atoms with Crippen molar-refractivity contribution in [3.8, 4) is 5.75 Å². The van der Waals surface area contributed by atoms with E-state index >= 15 is 0 Å². The van der Waals surface area contributed by atoms with Gasteiger partial charge in [0.1, 0.15) is 23.7 Å². The summed E-state index contributed by atoms with van der Waals surface area (Å²) < 4.78 is 5.73. The molecule has 4 aromatic rings. The summed E-state index contributed by atoms with van der Waals surface area (Å²) in [6.45, 7) is 0.112. The molecule has 1 heterocycles. The number of aromatic nitrogens is 2. The van der Waals surface area contributed by atoms with E-state index < -0.39 is 0 Å². The van der Waals surface area contributed by atoms with Crippen LogP contribution < -0.4 is 15.0 Å². The molecule has 0 aliphatic carbocycles. The summed E-state index contributed by atoms with van der Waals surface area (Å²) >= 11 is 6.02. The molecule has 2 N–H and O–H groups in total. The van der Waals surface area contributed by atoms with Gasteiger partial charge in [-0.05, 0) is 48.5 Å². The molecule has 0 saturated heterocycles. The normalized spacial score (nSPS) is 10.8. The Morgan fingerprint density at radius 2 is 1.73 bits per heavy atom. The topological polar surface area (TPSA) is 70.5 Å². The minimum absolute atomic E-state index is 0.0753. The first-order valence-electron chi connectivity index (χ1n) is 9.51. The third kappa shape index (κ3) is 4.30. The molecule has 4 rings (SSSR count). The summed E-state index contributed by atoms with van der Waals surface area (Å²) in [5, 5.41) is 14.0. The summed E-state index contributed by atoms with van der Waals surface area (Å²) in [5.41, 5.74) is 2.48. The number of para-hydroxylation sites is 2. The maximum Gasteiger partial charge on any atom is 0.232 e. The van der Waals surface area contributed by atoms with Crippen LogP contribution in [0.5, 0.6) is 5.75 Å². The van der Waals surface area contributed by atoms with Crippen molar-refractivity contribution in [1.29, 1.82) is 0 Å². The van der Waals surface area contributed by atoms with Crippen molar-refractivity contribution >= 4 is 45.6 Å². The van der Waals surface area contributed by atoms with Crippen molar-refractivity contribution in [1.82, 2.24) is 9.97 Å². The Kier molecular flexibility index (Phi) is 5.97. The molecule has 0 saturated carbocycles. The summed E-state index contributed by atoms with van der Waals surface area (Å²) in [7, 11) is 1.92. The summed E-state index contributed by atoms with van der Waals surface area (Å²) in [5.74, 6) is 1.76. The van der Waals surface area contributed by atoms with Gasteiger partial charge in [-0.3, -0.25) is 0 Å². The Hall–Kier alpha value is -3.35. The fraction of sp³-hybridized carbons (Fsp3) is 0.130. The monoisotopic (exact) mass is 420 g/mol. The number of halogens is 1. The first kappa shape index (κ1) is 19.9. The van der Waals surface area contributed by atoms with Gasteiger partial charge < -0.3 is 20.1 Å². The number of nitrogens with zero attached hydrogens (tertiary/aromatic N) is 3. The van der Waals surface area contributed by atoms with Crippen LogP contribution in [0.25, 0.3) is 10.9 Å². The largest absolute Gasteiger partial charge is 0.489 e. The van der Waals surface area contributed by atoms with E-state index in [1.54, 1.807) is 0 Å². The molecule has 0 amide bonds. The van der Waals surface area contributed by atoms with Crippen LogP contribution in [0.2, 0.25) is 5.02 Å². The van der Waals surface area contributed by atoms with E-state index in [1.165, 1.54) is 0 Å². The van der Waals surface area contributed by atoms with E-state index in [4.69, 9.17) is 26.3 Å². The van der Waals surface area contributed by atoms with E-state index in [1.807, 2.05) is 84.7 Å². The highest BCUT2D eigenvalue weighted by molar-refractivity contribution is 6.30. The van der Waals surface area contributed by atoms with E-state index in [-0.39, 0.29) is 13.2 Å². The van der Waals surface area contributed by atoms with Gasteiger partial charge >= 0.3 is 0 Å². The number of hydrogen-bond donors (Lipinski definition) is 2. The van der Waals surface area contributed by atoms with Crippen LogP contribution in [0.1, 0.15) is 0 Å². The number of benzene rings is 3. The van der Waals surface area contributed by atoms with Crippen molar-refractivity contribution in [2.75, 3.05) is 30.5 Å². The molecule has 0 aliphatic rings. The van der Waals surface area contributed by atoms with Crippen molar-refractivity contribution < 1.29 is 9.84 Å². The van der Waals surface area contributed by atoms with Crippen LogP contribution >= 0.6 is 11.6 Å². The van der Waals surface area contributed by atoms with Crippen molar-refractivity contribution in [2.45, 2.75) is 0 Å².